The average molecular weight is 185 g/mol. The molecule has 0 radical (unpaired) electrons. The van der Waals surface area contributed by atoms with Gasteiger partial charge in [0.25, 0.3) is 0 Å². The second kappa shape index (κ2) is 3.50. The third-order valence-corrected chi connectivity index (χ3v) is 2.08. The Morgan fingerprint density at radius 1 is 1.14 bits per heavy atom. The zero-order valence-electron chi connectivity index (χ0n) is 7.95. The molecule has 0 aromatic heterocycles. The summed E-state index contributed by atoms with van der Waals surface area (Å²) in [4.78, 5) is 10.9. The minimum Gasteiger partial charge on any atom is -0.322 e. The van der Waals surface area contributed by atoms with Gasteiger partial charge in [-0.1, -0.05) is 29.8 Å². The molecule has 2 rings (SSSR count). The fraction of sp³-hybridized carbons (Fsp3) is 0.0833. The summed E-state index contributed by atoms with van der Waals surface area (Å²) in [5.74, 6) is -0.0524. The van der Waals surface area contributed by atoms with Crippen molar-refractivity contribution in [1.82, 2.24) is 5.32 Å². The first-order valence-electron chi connectivity index (χ1n) is 4.51. The number of amides is 1. The minimum absolute atomic E-state index is 0.0524. The van der Waals surface area contributed by atoms with Gasteiger partial charge >= 0.3 is 0 Å². The molecule has 1 N–H and O–H groups in total. The van der Waals surface area contributed by atoms with Crippen LogP contribution in [0.1, 0.15) is 11.1 Å². The standard InChI is InChI=1S/C12H11NO/c1-9-2-4-10(5-3-9)8-11-6-7-12(14)13-11/h2-8H,1H3,(H,13,14). The lowest BCUT2D eigenvalue weighted by Gasteiger charge is -1.98. The molecule has 0 atom stereocenters. The summed E-state index contributed by atoms with van der Waals surface area (Å²) < 4.78 is 0. The van der Waals surface area contributed by atoms with E-state index in [4.69, 9.17) is 0 Å². The zero-order chi connectivity index (χ0) is 9.97. The Kier molecular flexibility index (Phi) is 2.19. The van der Waals surface area contributed by atoms with Crippen molar-refractivity contribution >= 4 is 12.0 Å². The smallest absolute Gasteiger partial charge is 0.248 e. The Hall–Kier alpha value is -1.83. The summed E-state index contributed by atoms with van der Waals surface area (Å²) >= 11 is 0. The van der Waals surface area contributed by atoms with Gasteiger partial charge in [-0.2, -0.15) is 0 Å². The van der Waals surface area contributed by atoms with Crippen molar-refractivity contribution in [2.45, 2.75) is 6.92 Å². The summed E-state index contributed by atoms with van der Waals surface area (Å²) in [6, 6.07) is 8.15. The summed E-state index contributed by atoms with van der Waals surface area (Å²) in [5, 5.41) is 2.73. The third-order valence-electron chi connectivity index (χ3n) is 2.08. The van der Waals surface area contributed by atoms with Gasteiger partial charge in [-0.15, -0.1) is 0 Å². The number of benzene rings is 1. The van der Waals surface area contributed by atoms with Crippen molar-refractivity contribution in [1.29, 1.82) is 0 Å². The molecule has 0 saturated heterocycles. The lowest BCUT2D eigenvalue weighted by atomic mass is 10.1. The second-order valence-corrected chi connectivity index (χ2v) is 3.33. The van der Waals surface area contributed by atoms with Crippen LogP contribution >= 0.6 is 0 Å². The minimum atomic E-state index is -0.0524. The Bertz CT molecular complexity index is 412. The second-order valence-electron chi connectivity index (χ2n) is 3.33. The molecule has 0 bridgehead atoms. The molecule has 14 heavy (non-hydrogen) atoms. The number of carbonyl (C=O) groups is 1. The number of allylic oxidation sites excluding steroid dienone is 1. The maximum atomic E-state index is 10.9. The fourth-order valence-electron chi connectivity index (χ4n) is 1.32. The van der Waals surface area contributed by atoms with E-state index in [2.05, 4.69) is 5.32 Å². The van der Waals surface area contributed by atoms with E-state index in [-0.39, 0.29) is 5.91 Å². The van der Waals surface area contributed by atoms with Crippen LogP contribution in [-0.4, -0.2) is 5.91 Å². The highest BCUT2D eigenvalue weighted by molar-refractivity contribution is 5.94. The fourth-order valence-corrected chi connectivity index (χ4v) is 1.32. The molecule has 1 amide bonds. The number of aryl methyl sites for hydroxylation is 1. The summed E-state index contributed by atoms with van der Waals surface area (Å²) in [7, 11) is 0. The van der Waals surface area contributed by atoms with Crippen molar-refractivity contribution in [3.8, 4) is 0 Å². The SMILES string of the molecule is Cc1ccc(C=C2C=CC(=O)N2)cc1. The van der Waals surface area contributed by atoms with Gasteiger partial charge < -0.3 is 5.32 Å². The lowest BCUT2D eigenvalue weighted by molar-refractivity contribution is -0.115. The van der Waals surface area contributed by atoms with E-state index >= 15 is 0 Å². The Balaban J connectivity index is 2.22. The van der Waals surface area contributed by atoms with Crippen molar-refractivity contribution in [3.63, 3.8) is 0 Å². The van der Waals surface area contributed by atoms with E-state index in [0.29, 0.717) is 0 Å². The predicted molar refractivity (Wildman–Crippen MR) is 56.4 cm³/mol. The molecule has 1 aromatic rings. The monoisotopic (exact) mass is 185 g/mol. The molecule has 1 aliphatic rings. The van der Waals surface area contributed by atoms with E-state index in [1.165, 1.54) is 11.6 Å². The zero-order valence-corrected chi connectivity index (χ0v) is 7.95. The van der Waals surface area contributed by atoms with Gasteiger partial charge in [0.1, 0.15) is 0 Å². The maximum absolute atomic E-state index is 10.9. The van der Waals surface area contributed by atoms with Crippen LogP contribution in [0.15, 0.2) is 42.1 Å². The van der Waals surface area contributed by atoms with Gasteiger partial charge in [0.15, 0.2) is 0 Å². The molecule has 70 valence electrons. The molecule has 1 aliphatic heterocycles. The van der Waals surface area contributed by atoms with Crippen LogP contribution in [0.4, 0.5) is 0 Å². The molecule has 2 nitrogen and oxygen atoms in total. The molecule has 0 aliphatic carbocycles. The molecule has 1 aromatic carbocycles. The average Bonchev–Trinajstić information content (AvgIpc) is 2.56. The lowest BCUT2D eigenvalue weighted by Crippen LogP contribution is -2.12. The van der Waals surface area contributed by atoms with Crippen LogP contribution in [0.3, 0.4) is 0 Å². The van der Waals surface area contributed by atoms with Crippen LogP contribution in [-0.2, 0) is 4.79 Å². The quantitative estimate of drug-likeness (QED) is 0.712. The largest absolute Gasteiger partial charge is 0.322 e. The third kappa shape index (κ3) is 1.91. The van der Waals surface area contributed by atoms with E-state index in [0.717, 1.165) is 11.3 Å². The van der Waals surface area contributed by atoms with E-state index < -0.39 is 0 Å². The highest BCUT2D eigenvalue weighted by Crippen LogP contribution is 2.10. The Labute approximate surface area is 82.9 Å². The molecule has 0 fully saturated rings. The first-order valence-corrected chi connectivity index (χ1v) is 4.51. The van der Waals surface area contributed by atoms with Crippen LogP contribution in [0, 0.1) is 6.92 Å². The van der Waals surface area contributed by atoms with E-state index in [1.54, 1.807) is 6.08 Å². The van der Waals surface area contributed by atoms with Crippen LogP contribution in [0.2, 0.25) is 0 Å². The predicted octanol–water partition coefficient (Wildman–Crippen LogP) is 2.02. The molecular weight excluding hydrogens is 174 g/mol. The Morgan fingerprint density at radius 3 is 2.43 bits per heavy atom. The summed E-state index contributed by atoms with van der Waals surface area (Å²) in [6.07, 6.45) is 5.25. The van der Waals surface area contributed by atoms with Crippen LogP contribution in [0.5, 0.6) is 0 Å². The molecule has 2 heteroatoms. The van der Waals surface area contributed by atoms with Crippen molar-refractivity contribution < 1.29 is 4.79 Å². The maximum Gasteiger partial charge on any atom is 0.248 e. The van der Waals surface area contributed by atoms with Crippen LogP contribution in [0.25, 0.3) is 6.08 Å². The van der Waals surface area contributed by atoms with Gasteiger partial charge in [-0.05, 0) is 24.6 Å². The van der Waals surface area contributed by atoms with Gasteiger partial charge in [0.2, 0.25) is 5.91 Å². The summed E-state index contributed by atoms with van der Waals surface area (Å²) in [6.45, 7) is 2.05. The number of rotatable bonds is 1. The van der Waals surface area contributed by atoms with E-state index in [9.17, 15) is 4.79 Å². The first-order chi connectivity index (χ1) is 6.74. The highest BCUT2D eigenvalue weighted by Gasteiger charge is 2.05. The molecule has 0 spiro atoms. The van der Waals surface area contributed by atoms with Crippen molar-refractivity contribution in [2.75, 3.05) is 0 Å². The summed E-state index contributed by atoms with van der Waals surface area (Å²) in [5.41, 5.74) is 3.18. The van der Waals surface area contributed by atoms with Crippen LogP contribution < -0.4 is 5.32 Å². The number of hydrogen-bond acceptors (Lipinski definition) is 1. The van der Waals surface area contributed by atoms with Gasteiger partial charge in [0, 0.05) is 11.8 Å². The normalized spacial score (nSPS) is 17.5. The molecular formula is C12H11NO. The molecule has 1 heterocycles. The van der Waals surface area contributed by atoms with Gasteiger partial charge in [0.05, 0.1) is 0 Å². The number of carbonyl (C=O) groups excluding carboxylic acids is 1. The molecule has 0 unspecified atom stereocenters. The van der Waals surface area contributed by atoms with E-state index in [1.807, 2.05) is 37.3 Å². The van der Waals surface area contributed by atoms with Gasteiger partial charge in [-0.3, -0.25) is 4.79 Å². The Morgan fingerprint density at radius 2 is 1.86 bits per heavy atom. The van der Waals surface area contributed by atoms with Crippen molar-refractivity contribution in [2.24, 2.45) is 0 Å². The van der Waals surface area contributed by atoms with Gasteiger partial charge in [-0.25, -0.2) is 0 Å². The first kappa shape index (κ1) is 8.75. The molecule has 0 saturated carbocycles. The number of hydrogen-bond donors (Lipinski definition) is 1. The number of nitrogens with one attached hydrogen (secondary N) is 1. The van der Waals surface area contributed by atoms with Crippen molar-refractivity contribution in [3.05, 3.63) is 53.2 Å². The topological polar surface area (TPSA) is 29.1 Å². The highest BCUT2D eigenvalue weighted by atomic mass is 16.1.